The molecule has 0 aliphatic rings. The smallest absolute Gasteiger partial charge is 0.352 e. The Morgan fingerprint density at radius 2 is 2.07 bits per heavy atom. The number of aryl methyl sites for hydroxylation is 1. The first-order valence-corrected chi connectivity index (χ1v) is 8.26. The Morgan fingerprint density at radius 1 is 1.37 bits per heavy atom. The van der Waals surface area contributed by atoms with Crippen molar-refractivity contribution in [2.75, 3.05) is 13.7 Å². The number of carbonyl (C=O) groups is 2. The SMILES string of the molecule is C#CCOc1c(Cl)cc(/C=C/C(=O)c2c(C)[nH]c(C(=O)O)c2C)cc1OC. The van der Waals surface area contributed by atoms with Crippen LogP contribution in [-0.4, -0.2) is 35.6 Å². The average molecular weight is 388 g/mol. The van der Waals surface area contributed by atoms with Crippen molar-refractivity contribution in [2.45, 2.75) is 13.8 Å². The molecule has 0 saturated heterocycles. The molecule has 0 radical (unpaired) electrons. The fourth-order valence-electron chi connectivity index (χ4n) is 2.68. The molecule has 1 aromatic heterocycles. The van der Waals surface area contributed by atoms with Crippen LogP contribution >= 0.6 is 11.6 Å². The highest BCUT2D eigenvalue weighted by molar-refractivity contribution is 6.32. The highest BCUT2D eigenvalue weighted by Crippen LogP contribution is 2.36. The predicted molar refractivity (Wildman–Crippen MR) is 103 cm³/mol. The zero-order valence-corrected chi connectivity index (χ0v) is 15.8. The summed E-state index contributed by atoms with van der Waals surface area (Å²) in [6, 6.07) is 3.26. The van der Waals surface area contributed by atoms with Crippen LogP contribution in [0.4, 0.5) is 0 Å². The largest absolute Gasteiger partial charge is 0.493 e. The number of nitrogens with one attached hydrogen (secondary N) is 1. The molecule has 0 saturated carbocycles. The van der Waals surface area contributed by atoms with Crippen LogP contribution < -0.4 is 9.47 Å². The fourth-order valence-corrected chi connectivity index (χ4v) is 2.95. The topological polar surface area (TPSA) is 88.6 Å². The number of aromatic amines is 1. The molecule has 1 aromatic carbocycles. The summed E-state index contributed by atoms with van der Waals surface area (Å²) in [6.45, 7) is 3.28. The maximum Gasteiger partial charge on any atom is 0.352 e. The third-order valence-corrected chi connectivity index (χ3v) is 4.16. The zero-order valence-electron chi connectivity index (χ0n) is 15.1. The van der Waals surface area contributed by atoms with Crippen LogP contribution in [0.1, 0.15) is 37.7 Å². The number of carbonyl (C=O) groups excluding carboxylic acids is 1. The van der Waals surface area contributed by atoms with Gasteiger partial charge in [-0.25, -0.2) is 4.79 Å². The van der Waals surface area contributed by atoms with Crippen molar-refractivity contribution < 1.29 is 24.2 Å². The van der Waals surface area contributed by atoms with Crippen LogP contribution in [0.5, 0.6) is 11.5 Å². The first kappa shape index (κ1) is 20.1. The minimum atomic E-state index is -1.11. The number of carboxylic acids is 1. The van der Waals surface area contributed by atoms with Gasteiger partial charge in [-0.2, -0.15) is 0 Å². The van der Waals surface area contributed by atoms with Crippen molar-refractivity contribution in [1.82, 2.24) is 4.98 Å². The van der Waals surface area contributed by atoms with E-state index in [4.69, 9.17) is 32.6 Å². The summed E-state index contributed by atoms with van der Waals surface area (Å²) in [5.41, 5.74) is 1.83. The number of ether oxygens (including phenoxy) is 2. The zero-order chi connectivity index (χ0) is 20.1. The molecule has 1 heterocycles. The summed E-state index contributed by atoms with van der Waals surface area (Å²) in [4.78, 5) is 26.4. The number of aromatic carboxylic acids is 1. The number of rotatable bonds is 7. The second-order valence-electron chi connectivity index (χ2n) is 5.65. The lowest BCUT2D eigenvalue weighted by Crippen LogP contribution is -2.01. The van der Waals surface area contributed by atoms with Crippen molar-refractivity contribution in [3.05, 3.63) is 51.3 Å². The van der Waals surface area contributed by atoms with Crippen LogP contribution in [0, 0.1) is 26.2 Å². The Hall–Kier alpha value is -3.17. The number of terminal acetylenes is 1. The lowest BCUT2D eigenvalue weighted by Gasteiger charge is -2.11. The van der Waals surface area contributed by atoms with E-state index in [2.05, 4.69) is 10.9 Å². The third kappa shape index (κ3) is 4.33. The number of halogens is 1. The summed E-state index contributed by atoms with van der Waals surface area (Å²) in [5.74, 6) is 1.62. The van der Waals surface area contributed by atoms with Crippen LogP contribution in [0.15, 0.2) is 18.2 Å². The van der Waals surface area contributed by atoms with E-state index in [0.717, 1.165) is 0 Å². The molecule has 0 bridgehead atoms. The summed E-state index contributed by atoms with van der Waals surface area (Å²) < 4.78 is 10.6. The summed E-state index contributed by atoms with van der Waals surface area (Å²) in [7, 11) is 1.47. The average Bonchev–Trinajstić information content (AvgIpc) is 2.93. The van der Waals surface area contributed by atoms with Gasteiger partial charge in [0.2, 0.25) is 0 Å². The number of hydrogen-bond acceptors (Lipinski definition) is 4. The monoisotopic (exact) mass is 387 g/mol. The number of carboxylic acid groups (broad SMARTS) is 1. The van der Waals surface area contributed by atoms with Gasteiger partial charge in [0.1, 0.15) is 12.3 Å². The summed E-state index contributed by atoms with van der Waals surface area (Å²) in [6.07, 6.45) is 8.09. The molecular formula is C20H18ClNO5. The van der Waals surface area contributed by atoms with Crippen LogP contribution in [0.3, 0.4) is 0 Å². The Bertz CT molecular complexity index is 966. The van der Waals surface area contributed by atoms with Gasteiger partial charge in [0.25, 0.3) is 0 Å². The van der Waals surface area contributed by atoms with E-state index >= 15 is 0 Å². The van der Waals surface area contributed by atoms with E-state index in [9.17, 15) is 9.59 Å². The highest BCUT2D eigenvalue weighted by Gasteiger charge is 2.20. The molecule has 0 spiro atoms. The molecule has 2 rings (SSSR count). The molecule has 0 atom stereocenters. The van der Waals surface area contributed by atoms with Crippen molar-refractivity contribution >= 4 is 29.4 Å². The van der Waals surface area contributed by atoms with Crippen LogP contribution in [0.2, 0.25) is 5.02 Å². The number of benzene rings is 1. The second-order valence-corrected chi connectivity index (χ2v) is 6.06. The number of allylic oxidation sites excluding steroid dienone is 1. The quantitative estimate of drug-likeness (QED) is 0.427. The Labute approximate surface area is 161 Å². The molecule has 6 nitrogen and oxygen atoms in total. The Balaban J connectivity index is 2.33. The highest BCUT2D eigenvalue weighted by atomic mass is 35.5. The summed E-state index contributed by atoms with van der Waals surface area (Å²) in [5, 5.41) is 9.45. The second kappa shape index (κ2) is 8.47. The Kier molecular flexibility index (Phi) is 6.32. The minimum Gasteiger partial charge on any atom is -0.493 e. The van der Waals surface area contributed by atoms with E-state index in [1.807, 2.05) is 0 Å². The van der Waals surface area contributed by atoms with Crippen molar-refractivity contribution in [2.24, 2.45) is 0 Å². The molecule has 7 heteroatoms. The van der Waals surface area contributed by atoms with Gasteiger partial charge < -0.3 is 19.6 Å². The van der Waals surface area contributed by atoms with Gasteiger partial charge in [0.15, 0.2) is 17.3 Å². The summed E-state index contributed by atoms with van der Waals surface area (Å²) >= 11 is 6.21. The van der Waals surface area contributed by atoms with E-state index < -0.39 is 5.97 Å². The molecule has 27 heavy (non-hydrogen) atoms. The molecule has 0 amide bonds. The first-order valence-electron chi connectivity index (χ1n) is 7.88. The van der Waals surface area contributed by atoms with Crippen molar-refractivity contribution in [1.29, 1.82) is 0 Å². The van der Waals surface area contributed by atoms with E-state index in [-0.39, 0.29) is 18.1 Å². The lowest BCUT2D eigenvalue weighted by molar-refractivity contribution is 0.0690. The van der Waals surface area contributed by atoms with E-state index in [0.29, 0.717) is 38.9 Å². The van der Waals surface area contributed by atoms with Gasteiger partial charge in [-0.05, 0) is 43.2 Å². The lowest BCUT2D eigenvalue weighted by atomic mass is 10.0. The van der Waals surface area contributed by atoms with Gasteiger partial charge in [0.05, 0.1) is 12.1 Å². The standard InChI is InChI=1S/C20H18ClNO5/c1-5-8-27-19-14(21)9-13(10-16(19)26-4)6-7-15(23)17-11(2)18(20(24)25)22-12(17)3/h1,6-7,9-10,22H,8H2,2-4H3,(H,24,25)/b7-6+. The Morgan fingerprint density at radius 3 is 2.63 bits per heavy atom. The molecule has 0 unspecified atom stereocenters. The van der Waals surface area contributed by atoms with Gasteiger partial charge >= 0.3 is 5.97 Å². The first-order chi connectivity index (χ1) is 12.8. The van der Waals surface area contributed by atoms with Gasteiger partial charge in [-0.15, -0.1) is 6.42 Å². The molecule has 0 aliphatic carbocycles. The number of aromatic nitrogens is 1. The molecule has 0 fully saturated rings. The van der Waals surface area contributed by atoms with Crippen molar-refractivity contribution in [3.8, 4) is 23.8 Å². The van der Waals surface area contributed by atoms with Gasteiger partial charge in [0, 0.05) is 11.3 Å². The molecule has 0 aliphatic heterocycles. The third-order valence-electron chi connectivity index (χ3n) is 3.88. The molecule has 2 N–H and O–H groups in total. The number of hydrogen-bond donors (Lipinski definition) is 2. The predicted octanol–water partition coefficient (Wildman–Crippen LogP) is 3.90. The number of methoxy groups -OCH3 is 1. The van der Waals surface area contributed by atoms with Crippen LogP contribution in [0.25, 0.3) is 6.08 Å². The van der Waals surface area contributed by atoms with Crippen molar-refractivity contribution in [3.63, 3.8) is 0 Å². The molecule has 2 aromatic rings. The van der Waals surface area contributed by atoms with Gasteiger partial charge in [-0.1, -0.05) is 23.6 Å². The number of ketones is 1. The maximum atomic E-state index is 12.5. The van der Waals surface area contributed by atoms with E-state index in [1.165, 1.54) is 13.2 Å². The number of H-pyrrole nitrogens is 1. The minimum absolute atomic E-state index is 0.00368. The molecule has 140 valence electrons. The van der Waals surface area contributed by atoms with Gasteiger partial charge in [-0.3, -0.25) is 4.79 Å². The maximum absolute atomic E-state index is 12.5. The van der Waals surface area contributed by atoms with Crippen LogP contribution in [-0.2, 0) is 0 Å². The van der Waals surface area contributed by atoms with E-state index in [1.54, 1.807) is 32.1 Å². The molecular weight excluding hydrogens is 370 g/mol. The fraction of sp³-hybridized carbons (Fsp3) is 0.200. The normalized spacial score (nSPS) is 10.6.